The molecule has 3 nitrogen and oxygen atoms in total. The van der Waals surface area contributed by atoms with Crippen LogP contribution in [0.4, 0.5) is 0 Å². The van der Waals surface area contributed by atoms with Gasteiger partial charge in [0.2, 0.25) is 0 Å². The van der Waals surface area contributed by atoms with Gasteiger partial charge in [0.25, 0.3) is 0 Å². The lowest BCUT2D eigenvalue weighted by atomic mass is 9.79. The third-order valence-electron chi connectivity index (χ3n) is 7.86. The summed E-state index contributed by atoms with van der Waals surface area (Å²) in [5, 5.41) is 0. The predicted molar refractivity (Wildman–Crippen MR) is 160 cm³/mol. The van der Waals surface area contributed by atoms with Crippen molar-refractivity contribution >= 4 is 5.78 Å². The van der Waals surface area contributed by atoms with Gasteiger partial charge in [-0.15, -0.1) is 0 Å². The van der Waals surface area contributed by atoms with Gasteiger partial charge in [0.05, 0.1) is 0 Å². The number of carbonyl (C=O) groups is 1. The lowest BCUT2D eigenvalue weighted by Crippen LogP contribution is -2.42. The summed E-state index contributed by atoms with van der Waals surface area (Å²) in [6, 6.07) is 42.6. The van der Waals surface area contributed by atoms with E-state index in [0.29, 0.717) is 5.78 Å². The van der Waals surface area contributed by atoms with E-state index in [9.17, 15) is 4.79 Å². The third-order valence-corrected chi connectivity index (χ3v) is 7.86. The van der Waals surface area contributed by atoms with Crippen LogP contribution in [0.1, 0.15) is 41.5 Å². The largest absolute Gasteiger partial charge is 0.299 e. The molecule has 1 saturated carbocycles. The zero-order chi connectivity index (χ0) is 26.7. The van der Waals surface area contributed by atoms with E-state index in [0.717, 1.165) is 58.5 Å². The first-order valence-corrected chi connectivity index (χ1v) is 14.4. The molecule has 0 heterocycles. The van der Waals surface area contributed by atoms with Crippen molar-refractivity contribution in [2.24, 2.45) is 11.8 Å². The molecule has 39 heavy (non-hydrogen) atoms. The van der Waals surface area contributed by atoms with Gasteiger partial charge in [-0.1, -0.05) is 128 Å². The molecule has 2 atom stereocenters. The monoisotopic (exact) mass is 516 g/mol. The topological polar surface area (TPSA) is 23.6 Å². The van der Waals surface area contributed by atoms with Crippen LogP contribution in [-0.2, 0) is 31.0 Å². The SMILES string of the molecule is O=C1[C@@H](CN(Cc2ccccc2)Cc2ccccc2)CCC[C@H]1CN(Cc1ccccc1)Cc1ccccc1. The van der Waals surface area contributed by atoms with Crippen LogP contribution in [0.2, 0.25) is 0 Å². The quantitative estimate of drug-likeness (QED) is 0.196. The number of carbonyl (C=O) groups excluding carboxylic acids is 1. The first kappa shape index (κ1) is 27.1. The minimum atomic E-state index is 0.0893. The average Bonchev–Trinajstić information content (AvgIpc) is 2.97. The van der Waals surface area contributed by atoms with E-state index in [1.807, 2.05) is 0 Å². The molecule has 0 bridgehead atoms. The highest BCUT2D eigenvalue weighted by Crippen LogP contribution is 2.29. The number of ketones is 1. The number of rotatable bonds is 12. The lowest BCUT2D eigenvalue weighted by molar-refractivity contribution is -0.130. The molecule has 0 spiro atoms. The minimum absolute atomic E-state index is 0.0893. The number of Topliss-reactive ketones (excluding diaryl/α,β-unsaturated/α-hetero) is 1. The van der Waals surface area contributed by atoms with E-state index in [4.69, 9.17) is 0 Å². The van der Waals surface area contributed by atoms with Crippen molar-refractivity contribution in [3.63, 3.8) is 0 Å². The highest BCUT2D eigenvalue weighted by atomic mass is 16.1. The van der Waals surface area contributed by atoms with Crippen molar-refractivity contribution in [2.45, 2.75) is 45.4 Å². The molecule has 1 aliphatic carbocycles. The van der Waals surface area contributed by atoms with Crippen molar-refractivity contribution in [2.75, 3.05) is 13.1 Å². The van der Waals surface area contributed by atoms with Gasteiger partial charge in [-0.3, -0.25) is 14.6 Å². The van der Waals surface area contributed by atoms with Crippen LogP contribution in [0, 0.1) is 11.8 Å². The van der Waals surface area contributed by atoms with Crippen molar-refractivity contribution in [1.29, 1.82) is 0 Å². The molecule has 1 aliphatic rings. The summed E-state index contributed by atoms with van der Waals surface area (Å²) in [7, 11) is 0. The number of hydrogen-bond donors (Lipinski definition) is 0. The molecule has 4 aromatic carbocycles. The van der Waals surface area contributed by atoms with Gasteiger partial charge in [0, 0.05) is 51.1 Å². The van der Waals surface area contributed by atoms with E-state index >= 15 is 0 Å². The molecule has 200 valence electrons. The zero-order valence-corrected chi connectivity index (χ0v) is 22.9. The van der Waals surface area contributed by atoms with Crippen LogP contribution in [0.25, 0.3) is 0 Å². The van der Waals surface area contributed by atoms with Gasteiger partial charge in [-0.2, -0.15) is 0 Å². The summed E-state index contributed by atoms with van der Waals surface area (Å²) in [5.74, 6) is 0.636. The summed E-state index contributed by atoms with van der Waals surface area (Å²) >= 11 is 0. The molecular formula is C36H40N2O. The first-order valence-electron chi connectivity index (χ1n) is 14.4. The van der Waals surface area contributed by atoms with E-state index in [-0.39, 0.29) is 11.8 Å². The molecule has 0 unspecified atom stereocenters. The van der Waals surface area contributed by atoms with Crippen LogP contribution < -0.4 is 0 Å². The van der Waals surface area contributed by atoms with E-state index in [1.54, 1.807) is 0 Å². The highest BCUT2D eigenvalue weighted by Gasteiger charge is 2.33. The van der Waals surface area contributed by atoms with Gasteiger partial charge in [-0.05, 0) is 35.1 Å². The molecule has 0 aromatic heterocycles. The maximum Gasteiger partial charge on any atom is 0.141 e. The second-order valence-corrected chi connectivity index (χ2v) is 11.0. The summed E-state index contributed by atoms with van der Waals surface area (Å²) in [4.78, 5) is 18.9. The predicted octanol–water partition coefficient (Wildman–Crippen LogP) is 7.38. The third kappa shape index (κ3) is 8.23. The summed E-state index contributed by atoms with van der Waals surface area (Å²) in [6.07, 6.45) is 3.11. The fourth-order valence-electron chi connectivity index (χ4n) is 5.95. The summed E-state index contributed by atoms with van der Waals surface area (Å²) in [5.41, 5.74) is 5.19. The molecule has 0 radical (unpaired) electrons. The number of benzene rings is 4. The molecule has 0 aliphatic heterocycles. The maximum atomic E-state index is 14.0. The van der Waals surface area contributed by atoms with Crippen LogP contribution in [0.5, 0.6) is 0 Å². The minimum Gasteiger partial charge on any atom is -0.299 e. The Hall–Kier alpha value is -3.53. The Morgan fingerprint density at radius 3 is 1.03 bits per heavy atom. The first-order chi connectivity index (χ1) is 19.2. The Kier molecular flexibility index (Phi) is 9.73. The average molecular weight is 517 g/mol. The van der Waals surface area contributed by atoms with Gasteiger partial charge in [-0.25, -0.2) is 0 Å². The highest BCUT2D eigenvalue weighted by molar-refractivity contribution is 5.84. The Morgan fingerprint density at radius 1 is 0.462 bits per heavy atom. The van der Waals surface area contributed by atoms with Gasteiger partial charge < -0.3 is 0 Å². The van der Waals surface area contributed by atoms with Crippen molar-refractivity contribution in [3.8, 4) is 0 Å². The van der Waals surface area contributed by atoms with Crippen molar-refractivity contribution in [1.82, 2.24) is 9.80 Å². The maximum absolute atomic E-state index is 14.0. The lowest BCUT2D eigenvalue weighted by Gasteiger charge is -2.35. The van der Waals surface area contributed by atoms with Gasteiger partial charge >= 0.3 is 0 Å². The molecule has 3 heteroatoms. The summed E-state index contributed by atoms with van der Waals surface area (Å²) in [6.45, 7) is 5.07. The van der Waals surface area contributed by atoms with Gasteiger partial charge in [0.1, 0.15) is 5.78 Å². The van der Waals surface area contributed by atoms with Crippen LogP contribution in [0.3, 0.4) is 0 Å². The van der Waals surface area contributed by atoms with E-state index < -0.39 is 0 Å². The standard InChI is InChI=1S/C36H40N2O/c39-36-34(28-37(24-30-14-5-1-6-15-30)25-31-16-7-2-8-17-31)22-13-23-35(36)29-38(26-32-18-9-3-10-19-32)27-33-20-11-4-12-21-33/h1-12,14-21,34-35H,13,22-29H2/t34-,35+. The molecule has 4 aromatic rings. The fourth-order valence-corrected chi connectivity index (χ4v) is 5.95. The second-order valence-electron chi connectivity index (χ2n) is 11.0. The smallest absolute Gasteiger partial charge is 0.141 e. The van der Waals surface area contributed by atoms with Gasteiger partial charge in [0.15, 0.2) is 0 Å². The Labute approximate surface area is 234 Å². The second kappa shape index (κ2) is 14.0. The Morgan fingerprint density at radius 2 is 0.744 bits per heavy atom. The van der Waals surface area contributed by atoms with Crippen LogP contribution in [-0.4, -0.2) is 28.7 Å². The van der Waals surface area contributed by atoms with E-state index in [2.05, 4.69) is 131 Å². The molecule has 0 saturated heterocycles. The molecule has 0 amide bonds. The number of nitrogens with zero attached hydrogens (tertiary/aromatic N) is 2. The molecule has 1 fully saturated rings. The summed E-state index contributed by atoms with van der Waals surface area (Å²) < 4.78 is 0. The van der Waals surface area contributed by atoms with Crippen LogP contribution in [0.15, 0.2) is 121 Å². The van der Waals surface area contributed by atoms with Crippen molar-refractivity contribution < 1.29 is 4.79 Å². The zero-order valence-electron chi connectivity index (χ0n) is 22.9. The number of hydrogen-bond acceptors (Lipinski definition) is 3. The molecule has 5 rings (SSSR count). The molecular weight excluding hydrogens is 476 g/mol. The van der Waals surface area contributed by atoms with Crippen molar-refractivity contribution in [3.05, 3.63) is 144 Å². The Balaban J connectivity index is 1.28. The fraction of sp³-hybridized carbons (Fsp3) is 0.306. The molecule has 0 N–H and O–H groups in total. The Bertz CT molecular complexity index is 1080. The van der Waals surface area contributed by atoms with Crippen LogP contribution >= 0.6 is 0 Å². The normalized spacial score (nSPS) is 17.5. The van der Waals surface area contributed by atoms with E-state index in [1.165, 1.54) is 22.3 Å².